The van der Waals surface area contributed by atoms with Crippen LogP contribution < -0.4 is 0 Å². The van der Waals surface area contributed by atoms with Gasteiger partial charge in [-0.1, -0.05) is 0 Å². The standard InChI is InChI=1S/C13H8BrF2N3O/c14-8-1-2-9(15)11(12(8)16)13(20)7-5-18-19-4-3-17-6-10(7)19/h1-6,13,20H. The van der Waals surface area contributed by atoms with Gasteiger partial charge in [0.05, 0.1) is 27.9 Å². The Bertz CT molecular complexity index is 790. The highest BCUT2D eigenvalue weighted by atomic mass is 79.9. The first-order chi connectivity index (χ1) is 9.59. The first kappa shape index (κ1) is 13.1. The van der Waals surface area contributed by atoms with E-state index in [0.29, 0.717) is 5.52 Å². The Morgan fingerprint density at radius 2 is 2.05 bits per heavy atom. The molecule has 3 rings (SSSR count). The predicted octanol–water partition coefficient (Wildman–Crippen LogP) is 2.85. The molecule has 2 heterocycles. The second-order valence-electron chi connectivity index (χ2n) is 4.17. The van der Waals surface area contributed by atoms with Crippen LogP contribution in [0.5, 0.6) is 0 Å². The summed E-state index contributed by atoms with van der Waals surface area (Å²) in [5.74, 6) is -1.65. The second-order valence-corrected chi connectivity index (χ2v) is 5.02. The number of halogens is 3. The van der Waals surface area contributed by atoms with Gasteiger partial charge in [0.2, 0.25) is 0 Å². The van der Waals surface area contributed by atoms with Gasteiger partial charge < -0.3 is 5.11 Å². The van der Waals surface area contributed by atoms with Crippen molar-refractivity contribution in [3.05, 3.63) is 64.2 Å². The van der Waals surface area contributed by atoms with Crippen LogP contribution in [-0.4, -0.2) is 19.7 Å². The third-order valence-electron chi connectivity index (χ3n) is 3.00. The van der Waals surface area contributed by atoms with Crippen molar-refractivity contribution in [3.8, 4) is 0 Å². The van der Waals surface area contributed by atoms with Gasteiger partial charge >= 0.3 is 0 Å². The molecule has 1 atom stereocenters. The van der Waals surface area contributed by atoms with Gasteiger partial charge in [0, 0.05) is 18.0 Å². The molecule has 0 aliphatic rings. The van der Waals surface area contributed by atoms with Crippen molar-refractivity contribution >= 4 is 21.4 Å². The van der Waals surface area contributed by atoms with Crippen LogP contribution in [0.4, 0.5) is 8.78 Å². The summed E-state index contributed by atoms with van der Waals surface area (Å²) in [4.78, 5) is 3.92. The minimum Gasteiger partial charge on any atom is -0.383 e. The molecule has 0 saturated heterocycles. The van der Waals surface area contributed by atoms with E-state index >= 15 is 0 Å². The molecule has 0 fully saturated rings. The fourth-order valence-corrected chi connectivity index (χ4v) is 2.36. The van der Waals surface area contributed by atoms with Gasteiger partial charge in [0.25, 0.3) is 0 Å². The largest absolute Gasteiger partial charge is 0.383 e. The van der Waals surface area contributed by atoms with E-state index in [0.717, 1.165) is 6.07 Å². The van der Waals surface area contributed by atoms with E-state index in [9.17, 15) is 13.9 Å². The zero-order valence-electron chi connectivity index (χ0n) is 9.96. The van der Waals surface area contributed by atoms with E-state index in [1.54, 1.807) is 6.20 Å². The van der Waals surface area contributed by atoms with Gasteiger partial charge in [-0.05, 0) is 28.1 Å². The Morgan fingerprint density at radius 1 is 1.25 bits per heavy atom. The molecule has 0 saturated carbocycles. The second kappa shape index (κ2) is 4.92. The number of benzene rings is 1. The third-order valence-corrected chi connectivity index (χ3v) is 3.61. The lowest BCUT2D eigenvalue weighted by Gasteiger charge is -2.12. The first-order valence-corrected chi connectivity index (χ1v) is 6.47. The highest BCUT2D eigenvalue weighted by molar-refractivity contribution is 9.10. The molecule has 1 unspecified atom stereocenters. The van der Waals surface area contributed by atoms with E-state index in [4.69, 9.17) is 0 Å². The number of hydrogen-bond donors (Lipinski definition) is 1. The number of aliphatic hydroxyl groups excluding tert-OH is 1. The quantitative estimate of drug-likeness (QED) is 0.730. The average molecular weight is 340 g/mol. The molecular weight excluding hydrogens is 332 g/mol. The molecule has 3 aromatic rings. The van der Waals surface area contributed by atoms with Gasteiger partial charge in [0.1, 0.15) is 17.7 Å². The van der Waals surface area contributed by atoms with Crippen LogP contribution in [0.15, 0.2) is 41.4 Å². The highest BCUT2D eigenvalue weighted by Crippen LogP contribution is 2.32. The van der Waals surface area contributed by atoms with Crippen LogP contribution in [0, 0.1) is 11.6 Å². The summed E-state index contributed by atoms with van der Waals surface area (Å²) in [6.07, 6.45) is 4.48. The number of rotatable bonds is 2. The zero-order chi connectivity index (χ0) is 14.3. The number of hydrogen-bond acceptors (Lipinski definition) is 3. The molecule has 102 valence electrons. The van der Waals surface area contributed by atoms with Crippen molar-refractivity contribution in [2.45, 2.75) is 6.10 Å². The maximum absolute atomic E-state index is 14.0. The first-order valence-electron chi connectivity index (χ1n) is 5.68. The van der Waals surface area contributed by atoms with E-state index in [1.807, 2.05) is 0 Å². The molecule has 1 aromatic carbocycles. The van der Waals surface area contributed by atoms with Crippen molar-refractivity contribution in [2.24, 2.45) is 0 Å². The average Bonchev–Trinajstić information content (AvgIpc) is 2.87. The Labute approximate surface area is 120 Å². The molecule has 0 radical (unpaired) electrons. The van der Waals surface area contributed by atoms with Crippen LogP contribution >= 0.6 is 15.9 Å². The minimum atomic E-state index is -1.46. The van der Waals surface area contributed by atoms with E-state index in [2.05, 4.69) is 26.0 Å². The van der Waals surface area contributed by atoms with Crippen molar-refractivity contribution in [1.29, 1.82) is 0 Å². The summed E-state index contributed by atoms with van der Waals surface area (Å²) in [5, 5.41) is 14.3. The minimum absolute atomic E-state index is 0.0857. The highest BCUT2D eigenvalue weighted by Gasteiger charge is 2.24. The number of aromatic nitrogens is 3. The SMILES string of the molecule is OC(c1c(F)ccc(Br)c1F)c1cnn2ccncc12. The molecular formula is C13H8BrF2N3O. The van der Waals surface area contributed by atoms with Gasteiger partial charge in [-0.2, -0.15) is 5.10 Å². The molecule has 2 aromatic heterocycles. The fraction of sp³-hybridized carbons (Fsp3) is 0.0769. The molecule has 1 N–H and O–H groups in total. The Kier molecular flexibility index (Phi) is 3.23. The molecule has 0 aliphatic carbocycles. The Hall–Kier alpha value is -1.86. The van der Waals surface area contributed by atoms with Crippen LogP contribution in [0.3, 0.4) is 0 Å². The lowest BCUT2D eigenvalue weighted by atomic mass is 10.0. The topological polar surface area (TPSA) is 50.4 Å². The summed E-state index contributed by atoms with van der Waals surface area (Å²) in [6.45, 7) is 0. The maximum atomic E-state index is 14.0. The van der Waals surface area contributed by atoms with Crippen LogP contribution in [0.25, 0.3) is 5.52 Å². The molecule has 0 aliphatic heterocycles. The fourth-order valence-electron chi connectivity index (χ4n) is 2.01. The number of fused-ring (bicyclic) bond motifs is 1. The summed E-state index contributed by atoms with van der Waals surface area (Å²) in [6, 6.07) is 2.34. The lowest BCUT2D eigenvalue weighted by molar-refractivity contribution is 0.210. The van der Waals surface area contributed by atoms with Crippen LogP contribution in [-0.2, 0) is 0 Å². The van der Waals surface area contributed by atoms with Gasteiger partial charge in [-0.3, -0.25) is 4.98 Å². The zero-order valence-corrected chi connectivity index (χ0v) is 11.6. The summed E-state index contributed by atoms with van der Waals surface area (Å²) < 4.78 is 29.4. The van der Waals surface area contributed by atoms with Crippen molar-refractivity contribution in [3.63, 3.8) is 0 Å². The number of aliphatic hydroxyl groups is 1. The molecule has 0 amide bonds. The number of nitrogens with zero attached hydrogens (tertiary/aromatic N) is 3. The van der Waals surface area contributed by atoms with Gasteiger partial charge in [-0.15, -0.1) is 0 Å². The van der Waals surface area contributed by atoms with E-state index in [1.165, 1.54) is 29.2 Å². The molecule has 20 heavy (non-hydrogen) atoms. The maximum Gasteiger partial charge on any atom is 0.146 e. The Balaban J connectivity index is 2.18. The molecule has 0 bridgehead atoms. The van der Waals surface area contributed by atoms with E-state index < -0.39 is 23.3 Å². The van der Waals surface area contributed by atoms with Crippen LogP contribution in [0.2, 0.25) is 0 Å². The van der Waals surface area contributed by atoms with Gasteiger partial charge in [0.15, 0.2) is 0 Å². The third kappa shape index (κ3) is 1.99. The van der Waals surface area contributed by atoms with E-state index in [-0.39, 0.29) is 10.0 Å². The Morgan fingerprint density at radius 3 is 2.85 bits per heavy atom. The van der Waals surface area contributed by atoms with Crippen molar-refractivity contribution in [2.75, 3.05) is 0 Å². The summed E-state index contributed by atoms with van der Waals surface area (Å²) in [5.41, 5.74) is 0.353. The molecule has 7 heteroatoms. The normalized spacial score (nSPS) is 12.8. The summed E-state index contributed by atoms with van der Waals surface area (Å²) >= 11 is 2.98. The molecule has 4 nitrogen and oxygen atoms in total. The van der Waals surface area contributed by atoms with Crippen molar-refractivity contribution in [1.82, 2.24) is 14.6 Å². The lowest BCUT2D eigenvalue weighted by Crippen LogP contribution is -2.06. The molecule has 0 spiro atoms. The summed E-state index contributed by atoms with van der Waals surface area (Å²) in [7, 11) is 0. The predicted molar refractivity (Wildman–Crippen MR) is 71.1 cm³/mol. The monoisotopic (exact) mass is 339 g/mol. The van der Waals surface area contributed by atoms with Crippen molar-refractivity contribution < 1.29 is 13.9 Å². The van der Waals surface area contributed by atoms with Gasteiger partial charge in [-0.25, -0.2) is 13.3 Å². The smallest absolute Gasteiger partial charge is 0.146 e. The van der Waals surface area contributed by atoms with Crippen LogP contribution in [0.1, 0.15) is 17.2 Å².